The molecule has 0 unspecified atom stereocenters. The van der Waals surface area contributed by atoms with E-state index in [9.17, 15) is 17.3 Å². The fourth-order valence-corrected chi connectivity index (χ4v) is 2.78. The largest absolute Gasteiger partial charge is 0.673 e. The van der Waals surface area contributed by atoms with E-state index in [1.165, 1.54) is 22.3 Å². The first-order valence-corrected chi connectivity index (χ1v) is 9.20. The van der Waals surface area contributed by atoms with Crippen LogP contribution >= 0.6 is 0 Å². The summed E-state index contributed by atoms with van der Waals surface area (Å²) in [5.41, 5.74) is 6.26. The molecule has 2 aromatic carbocycles. The number of hydrogen-bond acceptors (Lipinski definition) is 0. The maximum atomic E-state index is 9.75. The molecule has 0 aliphatic carbocycles. The van der Waals surface area contributed by atoms with Crippen molar-refractivity contribution in [2.45, 2.75) is 33.6 Å². The maximum absolute atomic E-state index is 9.75. The van der Waals surface area contributed by atoms with Crippen LogP contribution in [-0.4, -0.2) is 7.25 Å². The van der Waals surface area contributed by atoms with E-state index in [0.29, 0.717) is 0 Å². The molecule has 1 heterocycles. The lowest BCUT2D eigenvalue weighted by Crippen LogP contribution is -2.02. The van der Waals surface area contributed by atoms with Gasteiger partial charge < -0.3 is 17.3 Å². The first kappa shape index (κ1) is 21.7. The Morgan fingerprint density at radius 2 is 1.11 bits per heavy atom. The Morgan fingerprint density at radius 3 is 1.54 bits per heavy atom. The summed E-state index contributed by atoms with van der Waals surface area (Å²) in [6.07, 6.45) is 2.12. The van der Waals surface area contributed by atoms with Crippen LogP contribution in [0.15, 0.2) is 65.1 Å². The highest BCUT2D eigenvalue weighted by atomic mass is 19.5. The summed E-state index contributed by atoms with van der Waals surface area (Å²) in [5.74, 6) is 1.85. The third-order valence-electron chi connectivity index (χ3n) is 4.26. The zero-order chi connectivity index (χ0) is 20.7. The number of halogens is 4. The first-order valence-electron chi connectivity index (χ1n) is 9.20. The van der Waals surface area contributed by atoms with E-state index in [0.717, 1.165) is 29.9 Å². The topological polar surface area (TPSA) is 11.3 Å². The average Bonchev–Trinajstić information content (AvgIpc) is 2.66. The molecule has 0 amide bonds. The molecule has 0 bridgehead atoms. The predicted molar refractivity (Wildman–Crippen MR) is 108 cm³/mol. The van der Waals surface area contributed by atoms with Crippen LogP contribution in [-0.2, 0) is 12.8 Å². The van der Waals surface area contributed by atoms with E-state index in [-0.39, 0.29) is 0 Å². The third kappa shape index (κ3) is 6.84. The molecule has 0 fully saturated rings. The minimum absolute atomic E-state index is 0.919. The fourth-order valence-electron chi connectivity index (χ4n) is 2.78. The second kappa shape index (κ2) is 9.53. The smallest absolute Gasteiger partial charge is 0.418 e. The fraction of sp³-hybridized carbons (Fsp3) is 0.227. The standard InChI is InChI=1S/C22H23O.BF4/c1-4-17-6-10-19(11-7-17)21-14-16(3)23-22(15-21)20-12-8-18(5-2)9-13-20;2-1(3,4)5/h6-15H,4-5H2,1-3H3;/q+1;-1. The van der Waals surface area contributed by atoms with Gasteiger partial charge in [-0.2, -0.15) is 0 Å². The van der Waals surface area contributed by atoms with Crippen LogP contribution in [0.3, 0.4) is 0 Å². The number of rotatable bonds is 4. The maximum Gasteiger partial charge on any atom is 0.673 e. The Kier molecular flexibility index (Phi) is 7.38. The van der Waals surface area contributed by atoms with Crippen LogP contribution in [0, 0.1) is 6.92 Å². The third-order valence-corrected chi connectivity index (χ3v) is 4.26. The van der Waals surface area contributed by atoms with Gasteiger partial charge in [-0.25, -0.2) is 4.42 Å². The lowest BCUT2D eigenvalue weighted by molar-refractivity contribution is 0.368. The van der Waals surface area contributed by atoms with Crippen molar-refractivity contribution in [2.75, 3.05) is 0 Å². The molecule has 0 aliphatic heterocycles. The van der Waals surface area contributed by atoms with E-state index < -0.39 is 7.25 Å². The SMILES string of the molecule is CCc1ccc(-c2cc(C)[o+]c(-c3ccc(CC)cc3)c2)cc1.F[B-](F)(F)F. The molecular formula is C22H23BF4O. The van der Waals surface area contributed by atoms with Crippen molar-refractivity contribution >= 4 is 7.25 Å². The van der Waals surface area contributed by atoms with Gasteiger partial charge in [-0.05, 0) is 41.7 Å². The summed E-state index contributed by atoms with van der Waals surface area (Å²) in [6.45, 7) is 6.36. The molecular weight excluding hydrogens is 367 g/mol. The number of aryl methyl sites for hydroxylation is 3. The lowest BCUT2D eigenvalue weighted by atomic mass is 10.0. The molecule has 0 aliphatic rings. The summed E-state index contributed by atoms with van der Waals surface area (Å²) in [4.78, 5) is 0. The van der Waals surface area contributed by atoms with Gasteiger partial charge in [0.15, 0.2) is 0 Å². The number of benzene rings is 2. The van der Waals surface area contributed by atoms with Gasteiger partial charge in [0.2, 0.25) is 0 Å². The highest BCUT2D eigenvalue weighted by Crippen LogP contribution is 2.28. The Labute approximate surface area is 163 Å². The zero-order valence-corrected chi connectivity index (χ0v) is 16.2. The molecule has 148 valence electrons. The molecule has 0 atom stereocenters. The van der Waals surface area contributed by atoms with Crippen molar-refractivity contribution < 1.29 is 21.7 Å². The Bertz CT molecular complexity index is 816. The Balaban J connectivity index is 0.000000500. The Hall–Kier alpha value is -2.63. The molecule has 1 aromatic heterocycles. The molecule has 3 rings (SSSR count). The van der Waals surface area contributed by atoms with Crippen LogP contribution in [0.2, 0.25) is 0 Å². The van der Waals surface area contributed by atoms with Gasteiger partial charge in [0, 0.05) is 11.6 Å². The normalized spacial score (nSPS) is 11.0. The van der Waals surface area contributed by atoms with Crippen LogP contribution in [0.4, 0.5) is 17.3 Å². The average molecular weight is 390 g/mol. The molecule has 0 N–H and O–H groups in total. The molecule has 0 saturated heterocycles. The van der Waals surface area contributed by atoms with Gasteiger partial charge >= 0.3 is 18.8 Å². The minimum atomic E-state index is -6.00. The molecule has 28 heavy (non-hydrogen) atoms. The zero-order valence-electron chi connectivity index (χ0n) is 16.2. The van der Waals surface area contributed by atoms with E-state index in [2.05, 4.69) is 74.5 Å². The second-order valence-electron chi connectivity index (χ2n) is 6.42. The van der Waals surface area contributed by atoms with Crippen molar-refractivity contribution in [3.8, 4) is 22.5 Å². The molecule has 0 radical (unpaired) electrons. The summed E-state index contributed by atoms with van der Waals surface area (Å²) < 4.78 is 44.9. The lowest BCUT2D eigenvalue weighted by Gasteiger charge is -2.03. The van der Waals surface area contributed by atoms with Crippen LogP contribution in [0.1, 0.15) is 30.7 Å². The van der Waals surface area contributed by atoms with Crippen molar-refractivity contribution in [2.24, 2.45) is 0 Å². The van der Waals surface area contributed by atoms with Crippen molar-refractivity contribution in [1.29, 1.82) is 0 Å². The summed E-state index contributed by atoms with van der Waals surface area (Å²) in [7, 11) is -6.00. The van der Waals surface area contributed by atoms with Crippen LogP contribution in [0.5, 0.6) is 0 Å². The highest BCUT2D eigenvalue weighted by Gasteiger charge is 2.20. The molecule has 1 nitrogen and oxygen atoms in total. The van der Waals surface area contributed by atoms with Gasteiger partial charge in [-0.3, -0.25) is 0 Å². The van der Waals surface area contributed by atoms with Crippen molar-refractivity contribution in [1.82, 2.24) is 0 Å². The second-order valence-corrected chi connectivity index (χ2v) is 6.42. The van der Waals surface area contributed by atoms with Gasteiger partial charge in [-0.15, -0.1) is 0 Å². The van der Waals surface area contributed by atoms with Crippen LogP contribution in [0.25, 0.3) is 22.5 Å². The summed E-state index contributed by atoms with van der Waals surface area (Å²) >= 11 is 0. The van der Waals surface area contributed by atoms with Gasteiger partial charge in [0.1, 0.15) is 0 Å². The van der Waals surface area contributed by atoms with E-state index in [1.807, 2.05) is 6.92 Å². The van der Waals surface area contributed by atoms with Gasteiger partial charge in [0.25, 0.3) is 0 Å². The predicted octanol–water partition coefficient (Wildman–Crippen LogP) is 7.63. The van der Waals surface area contributed by atoms with Gasteiger partial charge in [-0.1, -0.05) is 50.2 Å². The van der Waals surface area contributed by atoms with Crippen LogP contribution < -0.4 is 0 Å². The van der Waals surface area contributed by atoms with E-state index in [4.69, 9.17) is 4.42 Å². The molecule has 0 saturated carbocycles. The van der Waals surface area contributed by atoms with E-state index >= 15 is 0 Å². The van der Waals surface area contributed by atoms with E-state index in [1.54, 1.807) is 0 Å². The monoisotopic (exact) mass is 390 g/mol. The van der Waals surface area contributed by atoms with Crippen molar-refractivity contribution in [3.05, 3.63) is 77.6 Å². The van der Waals surface area contributed by atoms with Gasteiger partial charge in [0.05, 0.1) is 18.6 Å². The first-order chi connectivity index (χ1) is 13.2. The highest BCUT2D eigenvalue weighted by molar-refractivity contribution is 6.50. The summed E-state index contributed by atoms with van der Waals surface area (Å²) in [6, 6.07) is 21.6. The number of hydrogen-bond donors (Lipinski definition) is 0. The molecule has 6 heteroatoms. The molecule has 3 aromatic rings. The minimum Gasteiger partial charge on any atom is -0.418 e. The quantitative estimate of drug-likeness (QED) is 0.253. The van der Waals surface area contributed by atoms with Crippen molar-refractivity contribution in [3.63, 3.8) is 0 Å². The Morgan fingerprint density at radius 1 is 0.679 bits per heavy atom. The summed E-state index contributed by atoms with van der Waals surface area (Å²) in [5, 5.41) is 0. The molecule has 0 spiro atoms.